The van der Waals surface area contributed by atoms with Crippen LogP contribution in [0.25, 0.3) is 11.1 Å². The lowest BCUT2D eigenvalue weighted by Gasteiger charge is -2.37. The van der Waals surface area contributed by atoms with Gasteiger partial charge in [0.2, 0.25) is 5.91 Å². The Kier molecular flexibility index (Phi) is 4.45. The van der Waals surface area contributed by atoms with Gasteiger partial charge in [-0.15, -0.1) is 0 Å². The number of carbonyl (C=O) groups is 2. The van der Waals surface area contributed by atoms with Crippen molar-refractivity contribution in [2.24, 2.45) is 5.92 Å². The van der Waals surface area contributed by atoms with E-state index in [4.69, 9.17) is 4.74 Å². The van der Waals surface area contributed by atoms with Crippen LogP contribution in [-0.4, -0.2) is 31.1 Å². The minimum atomic E-state index is -0.736. The number of aliphatic carboxylic acids is 1. The second kappa shape index (κ2) is 6.61. The third-order valence-corrected chi connectivity index (χ3v) is 6.45. The van der Waals surface area contributed by atoms with Crippen LogP contribution in [0.2, 0.25) is 0 Å². The molecular formula is C24H27NO4. The van der Waals surface area contributed by atoms with E-state index in [-0.39, 0.29) is 23.2 Å². The summed E-state index contributed by atoms with van der Waals surface area (Å²) in [5.74, 6) is -0.128. The summed E-state index contributed by atoms with van der Waals surface area (Å²) in [7, 11) is 3.47. The average Bonchev–Trinajstić information content (AvgIpc) is 3.46. The average molecular weight is 393 g/mol. The number of aryl methyl sites for hydroxylation is 1. The molecule has 152 valence electrons. The molecule has 1 unspecified atom stereocenters. The van der Waals surface area contributed by atoms with Gasteiger partial charge in [0.05, 0.1) is 13.0 Å². The van der Waals surface area contributed by atoms with Crippen LogP contribution < -0.4 is 9.64 Å². The molecule has 1 saturated carbocycles. The first-order chi connectivity index (χ1) is 13.6. The highest BCUT2D eigenvalue weighted by Gasteiger charge is 2.44. The second-order valence-corrected chi connectivity index (χ2v) is 8.94. The standard InChI is InChI=1S/C24H27NO4/c1-13-8-19-20(25(4)22(26)12-24(19,2)3)11-15(13)17-9-14(6-7-21(17)29-5)16-10-18(16)23(27)28/h6-9,11,16,18H,10,12H2,1-5H3,(H,27,28)/t16?,18-/m1/s1. The molecule has 5 nitrogen and oxygen atoms in total. The third-order valence-electron chi connectivity index (χ3n) is 6.45. The summed E-state index contributed by atoms with van der Waals surface area (Å²) in [5.41, 5.74) is 5.96. The largest absolute Gasteiger partial charge is 0.496 e. The number of amides is 1. The minimum Gasteiger partial charge on any atom is -0.496 e. The van der Waals surface area contributed by atoms with E-state index in [1.807, 2.05) is 19.2 Å². The number of hydrogen-bond donors (Lipinski definition) is 1. The van der Waals surface area contributed by atoms with Crippen LogP contribution in [0.4, 0.5) is 5.69 Å². The second-order valence-electron chi connectivity index (χ2n) is 8.94. The van der Waals surface area contributed by atoms with Crippen molar-refractivity contribution >= 4 is 17.6 Å². The highest BCUT2D eigenvalue weighted by molar-refractivity contribution is 5.98. The Hall–Kier alpha value is -2.82. The van der Waals surface area contributed by atoms with E-state index in [9.17, 15) is 14.7 Å². The number of methoxy groups -OCH3 is 1. The number of fused-ring (bicyclic) bond motifs is 1. The van der Waals surface area contributed by atoms with E-state index in [0.717, 1.165) is 33.7 Å². The Bertz CT molecular complexity index is 1020. The number of carboxylic acid groups (broad SMARTS) is 1. The van der Waals surface area contributed by atoms with E-state index in [1.165, 1.54) is 5.56 Å². The number of carboxylic acids is 1. The summed E-state index contributed by atoms with van der Waals surface area (Å²) in [4.78, 5) is 25.6. The minimum absolute atomic E-state index is 0.0540. The Balaban J connectivity index is 1.85. The summed E-state index contributed by atoms with van der Waals surface area (Å²) >= 11 is 0. The molecule has 1 heterocycles. The number of hydrogen-bond acceptors (Lipinski definition) is 3. The molecule has 2 aromatic rings. The number of carbonyl (C=O) groups excluding carboxylic acids is 1. The summed E-state index contributed by atoms with van der Waals surface area (Å²) in [6.45, 7) is 6.29. The quantitative estimate of drug-likeness (QED) is 0.830. The summed E-state index contributed by atoms with van der Waals surface area (Å²) in [6.07, 6.45) is 1.17. The Morgan fingerprint density at radius 2 is 1.93 bits per heavy atom. The molecule has 1 aliphatic heterocycles. The molecule has 2 aliphatic rings. The van der Waals surface area contributed by atoms with Crippen LogP contribution in [-0.2, 0) is 15.0 Å². The van der Waals surface area contributed by atoms with Crippen LogP contribution in [0.1, 0.15) is 49.3 Å². The molecule has 2 atom stereocenters. The molecule has 1 fully saturated rings. The van der Waals surface area contributed by atoms with Crippen molar-refractivity contribution < 1.29 is 19.4 Å². The van der Waals surface area contributed by atoms with Crippen LogP contribution >= 0.6 is 0 Å². The lowest BCUT2D eigenvalue weighted by molar-refractivity contribution is -0.138. The number of rotatable bonds is 4. The Morgan fingerprint density at radius 1 is 1.21 bits per heavy atom. The molecule has 2 aromatic carbocycles. The van der Waals surface area contributed by atoms with Crippen molar-refractivity contribution in [1.82, 2.24) is 0 Å². The van der Waals surface area contributed by atoms with Crippen LogP contribution in [0, 0.1) is 12.8 Å². The summed E-state index contributed by atoms with van der Waals surface area (Å²) < 4.78 is 5.62. The fourth-order valence-corrected chi connectivity index (χ4v) is 4.54. The fourth-order valence-electron chi connectivity index (χ4n) is 4.54. The first-order valence-electron chi connectivity index (χ1n) is 9.97. The predicted octanol–water partition coefficient (Wildman–Crippen LogP) is 4.50. The Labute approximate surface area is 171 Å². The molecule has 29 heavy (non-hydrogen) atoms. The van der Waals surface area contributed by atoms with Crippen LogP contribution in [0.15, 0.2) is 30.3 Å². The van der Waals surface area contributed by atoms with Gasteiger partial charge in [-0.1, -0.05) is 26.0 Å². The smallest absolute Gasteiger partial charge is 0.307 e. The number of anilines is 1. The number of nitrogens with zero attached hydrogens (tertiary/aromatic N) is 1. The van der Waals surface area contributed by atoms with E-state index in [2.05, 4.69) is 39.0 Å². The van der Waals surface area contributed by atoms with Gasteiger partial charge in [0.25, 0.3) is 0 Å². The summed E-state index contributed by atoms with van der Waals surface area (Å²) in [5, 5.41) is 9.29. The molecule has 0 saturated heterocycles. The first-order valence-corrected chi connectivity index (χ1v) is 9.97. The molecule has 0 bridgehead atoms. The molecule has 1 aliphatic carbocycles. The highest BCUT2D eigenvalue weighted by Crippen LogP contribution is 2.50. The molecule has 5 heteroatoms. The normalized spacial score (nSPS) is 22.2. The zero-order chi connectivity index (χ0) is 21.1. The molecule has 0 spiro atoms. The summed E-state index contributed by atoms with van der Waals surface area (Å²) in [6, 6.07) is 10.2. The molecular weight excluding hydrogens is 366 g/mol. The van der Waals surface area contributed by atoms with Gasteiger partial charge in [-0.05, 0) is 59.7 Å². The SMILES string of the molecule is COc1ccc(C2C[C@H]2C(=O)O)cc1-c1cc2c(cc1C)C(C)(C)CC(=O)N2C. The lowest BCUT2D eigenvalue weighted by Crippen LogP contribution is -2.39. The first kappa shape index (κ1) is 19.5. The third kappa shape index (κ3) is 3.18. The molecule has 4 rings (SSSR count). The van der Waals surface area contributed by atoms with Crippen molar-refractivity contribution in [3.05, 3.63) is 47.0 Å². The highest BCUT2D eigenvalue weighted by atomic mass is 16.5. The van der Waals surface area contributed by atoms with Crippen molar-refractivity contribution in [3.8, 4) is 16.9 Å². The van der Waals surface area contributed by atoms with Gasteiger partial charge in [-0.3, -0.25) is 9.59 Å². The Morgan fingerprint density at radius 3 is 2.55 bits per heavy atom. The van der Waals surface area contributed by atoms with Gasteiger partial charge < -0.3 is 14.7 Å². The molecule has 0 aromatic heterocycles. The number of benzene rings is 2. The predicted molar refractivity (Wildman–Crippen MR) is 113 cm³/mol. The maximum absolute atomic E-state index is 12.5. The molecule has 1 N–H and O–H groups in total. The fraction of sp³-hybridized carbons (Fsp3) is 0.417. The van der Waals surface area contributed by atoms with Crippen molar-refractivity contribution in [1.29, 1.82) is 0 Å². The zero-order valence-corrected chi connectivity index (χ0v) is 17.6. The van der Waals surface area contributed by atoms with Crippen LogP contribution in [0.3, 0.4) is 0 Å². The van der Waals surface area contributed by atoms with Crippen molar-refractivity contribution in [2.75, 3.05) is 19.1 Å². The van der Waals surface area contributed by atoms with Gasteiger partial charge in [0.15, 0.2) is 0 Å². The van der Waals surface area contributed by atoms with Crippen LogP contribution in [0.5, 0.6) is 5.75 Å². The zero-order valence-electron chi connectivity index (χ0n) is 17.6. The van der Waals surface area contributed by atoms with Crippen molar-refractivity contribution in [2.45, 2.75) is 44.9 Å². The maximum atomic E-state index is 12.5. The van der Waals surface area contributed by atoms with E-state index in [0.29, 0.717) is 12.8 Å². The number of ether oxygens (including phenoxy) is 1. The van der Waals surface area contributed by atoms with E-state index in [1.54, 1.807) is 12.0 Å². The molecule has 0 radical (unpaired) electrons. The van der Waals surface area contributed by atoms with Gasteiger partial charge in [0.1, 0.15) is 5.75 Å². The van der Waals surface area contributed by atoms with Gasteiger partial charge >= 0.3 is 5.97 Å². The molecule has 1 amide bonds. The van der Waals surface area contributed by atoms with Gasteiger partial charge in [-0.2, -0.15) is 0 Å². The van der Waals surface area contributed by atoms with Gasteiger partial charge in [0, 0.05) is 30.1 Å². The maximum Gasteiger partial charge on any atom is 0.307 e. The topological polar surface area (TPSA) is 66.8 Å². The van der Waals surface area contributed by atoms with E-state index < -0.39 is 5.97 Å². The monoisotopic (exact) mass is 393 g/mol. The van der Waals surface area contributed by atoms with Crippen molar-refractivity contribution in [3.63, 3.8) is 0 Å². The lowest BCUT2D eigenvalue weighted by atomic mass is 9.76. The van der Waals surface area contributed by atoms with Gasteiger partial charge in [-0.25, -0.2) is 0 Å². The van der Waals surface area contributed by atoms with E-state index >= 15 is 0 Å².